The molecule has 4 heteroatoms. The summed E-state index contributed by atoms with van der Waals surface area (Å²) < 4.78 is 23.8. The van der Waals surface area contributed by atoms with Crippen LogP contribution in [0.25, 0.3) is 0 Å². The number of allylic oxidation sites excluding steroid dienone is 2. The van der Waals surface area contributed by atoms with E-state index in [-0.39, 0.29) is 5.03 Å². The van der Waals surface area contributed by atoms with Crippen molar-refractivity contribution in [2.24, 2.45) is 0 Å². The second-order valence-corrected chi connectivity index (χ2v) is 2.43. The van der Waals surface area contributed by atoms with Gasteiger partial charge in [0.15, 0.2) is 0 Å². The van der Waals surface area contributed by atoms with Gasteiger partial charge in [0, 0.05) is 5.03 Å². The van der Waals surface area contributed by atoms with Crippen molar-refractivity contribution in [3.05, 3.63) is 10.1 Å². The van der Waals surface area contributed by atoms with E-state index in [9.17, 15) is 8.78 Å². The molecule has 0 saturated heterocycles. The molecule has 0 amide bonds. The summed E-state index contributed by atoms with van der Waals surface area (Å²) in [7, 11) is 0. The first-order valence-corrected chi connectivity index (χ1v) is 2.72. The van der Waals surface area contributed by atoms with Crippen molar-refractivity contribution in [2.45, 2.75) is 12.3 Å². The van der Waals surface area contributed by atoms with Gasteiger partial charge in [0.05, 0.1) is 6.42 Å². The van der Waals surface area contributed by atoms with Gasteiger partial charge >= 0.3 is 0 Å². The fraction of sp³-hybridized carbons (Fsp3) is 0.500. The summed E-state index contributed by atoms with van der Waals surface area (Å²) in [5, 5.41) is -0.421. The molecule has 0 spiro atoms. The Balaban J connectivity index is 2.80. The molecule has 0 fully saturated rings. The number of halogens is 4. The Morgan fingerprint density at radius 2 is 1.88 bits per heavy atom. The highest BCUT2D eigenvalue weighted by molar-refractivity contribution is 6.41. The van der Waals surface area contributed by atoms with Gasteiger partial charge < -0.3 is 0 Å². The van der Waals surface area contributed by atoms with E-state index in [1.54, 1.807) is 0 Å². The third-order valence-corrected chi connectivity index (χ3v) is 1.86. The molecule has 0 nitrogen and oxygen atoms in total. The quantitative estimate of drug-likeness (QED) is 0.509. The zero-order chi connectivity index (χ0) is 6.36. The summed E-state index contributed by atoms with van der Waals surface area (Å²) in [4.78, 5) is 0. The van der Waals surface area contributed by atoms with Gasteiger partial charge in [-0.3, -0.25) is 0 Å². The van der Waals surface area contributed by atoms with Gasteiger partial charge in [-0.05, 0) is 0 Å². The second kappa shape index (κ2) is 1.58. The molecular weight excluding hydrogens is 157 g/mol. The normalized spacial score (nSPS) is 25.5. The maximum absolute atomic E-state index is 11.9. The second-order valence-electron chi connectivity index (χ2n) is 1.60. The van der Waals surface area contributed by atoms with Crippen LogP contribution in [0.1, 0.15) is 6.42 Å². The van der Waals surface area contributed by atoms with Crippen molar-refractivity contribution in [1.82, 2.24) is 0 Å². The van der Waals surface area contributed by atoms with Crippen LogP contribution in [0.4, 0.5) is 8.78 Å². The van der Waals surface area contributed by atoms with E-state index < -0.39 is 17.4 Å². The van der Waals surface area contributed by atoms with E-state index in [1.165, 1.54) is 0 Å². The lowest BCUT2D eigenvalue weighted by Crippen LogP contribution is -2.26. The first kappa shape index (κ1) is 6.30. The van der Waals surface area contributed by atoms with Gasteiger partial charge in [-0.15, -0.1) is 0 Å². The summed E-state index contributed by atoms with van der Waals surface area (Å²) in [6.45, 7) is 0. The van der Waals surface area contributed by atoms with Crippen molar-refractivity contribution >= 4 is 23.2 Å². The molecule has 1 rings (SSSR count). The fourth-order valence-electron chi connectivity index (χ4n) is 0.442. The maximum atomic E-state index is 11.9. The predicted molar refractivity (Wildman–Crippen MR) is 28.3 cm³/mol. The van der Waals surface area contributed by atoms with Crippen LogP contribution in [-0.4, -0.2) is 5.92 Å². The van der Waals surface area contributed by atoms with Crippen LogP contribution < -0.4 is 0 Å². The molecule has 0 aromatic rings. The maximum Gasteiger partial charge on any atom is 0.289 e. The summed E-state index contributed by atoms with van der Waals surface area (Å²) in [6.07, 6.45) is -0.395. The van der Waals surface area contributed by atoms with E-state index in [4.69, 9.17) is 23.2 Å². The standard InChI is InChI=1S/C4H2Cl2F2/c5-2-1-4(7,8)3(2)6/h1H2. The van der Waals surface area contributed by atoms with Crippen LogP contribution in [0.2, 0.25) is 0 Å². The molecule has 0 N–H and O–H groups in total. The van der Waals surface area contributed by atoms with Crippen molar-refractivity contribution in [3.63, 3.8) is 0 Å². The monoisotopic (exact) mass is 158 g/mol. The van der Waals surface area contributed by atoms with Gasteiger partial charge in [-0.1, -0.05) is 23.2 Å². The lowest BCUT2D eigenvalue weighted by atomic mass is 10.1. The Kier molecular flexibility index (Phi) is 1.24. The van der Waals surface area contributed by atoms with E-state index in [0.29, 0.717) is 0 Å². The minimum absolute atomic E-state index is 0.0802. The van der Waals surface area contributed by atoms with Gasteiger partial charge in [0.2, 0.25) is 0 Å². The molecule has 0 atom stereocenters. The lowest BCUT2D eigenvalue weighted by Gasteiger charge is -2.24. The average Bonchev–Trinajstić information content (AvgIpc) is 1.65. The third-order valence-electron chi connectivity index (χ3n) is 0.937. The molecule has 0 unspecified atom stereocenters. The molecule has 0 aromatic carbocycles. The molecule has 0 aromatic heterocycles. The minimum atomic E-state index is -2.83. The number of hydrogen-bond acceptors (Lipinski definition) is 0. The van der Waals surface area contributed by atoms with Gasteiger partial charge in [0.25, 0.3) is 5.92 Å². The highest BCUT2D eigenvalue weighted by Gasteiger charge is 2.44. The molecule has 1 aliphatic carbocycles. The molecular formula is C4H2Cl2F2. The van der Waals surface area contributed by atoms with Crippen LogP contribution >= 0.6 is 23.2 Å². The summed E-state index contributed by atoms with van der Waals surface area (Å²) in [5.41, 5.74) is 0. The third kappa shape index (κ3) is 0.720. The number of hydrogen-bond donors (Lipinski definition) is 0. The van der Waals surface area contributed by atoms with Gasteiger partial charge in [-0.25, -0.2) is 0 Å². The molecule has 0 aliphatic heterocycles. The van der Waals surface area contributed by atoms with Crippen molar-refractivity contribution < 1.29 is 8.78 Å². The molecule has 0 radical (unpaired) electrons. The minimum Gasteiger partial charge on any atom is -0.200 e. The topological polar surface area (TPSA) is 0 Å². The lowest BCUT2D eigenvalue weighted by molar-refractivity contribution is 0.0318. The van der Waals surface area contributed by atoms with Crippen LogP contribution in [0.3, 0.4) is 0 Å². The van der Waals surface area contributed by atoms with E-state index in [2.05, 4.69) is 0 Å². The van der Waals surface area contributed by atoms with Gasteiger partial charge in [-0.2, -0.15) is 8.78 Å². The molecule has 1 aliphatic rings. The first-order valence-electron chi connectivity index (χ1n) is 1.96. The van der Waals surface area contributed by atoms with Crippen molar-refractivity contribution in [2.75, 3.05) is 0 Å². The van der Waals surface area contributed by atoms with Crippen LogP contribution in [0.5, 0.6) is 0 Å². The SMILES string of the molecule is FC1(F)CC(Cl)=C1Cl. The summed E-state index contributed by atoms with van der Waals surface area (Å²) in [6, 6.07) is 0. The highest BCUT2D eigenvalue weighted by Crippen LogP contribution is 2.47. The highest BCUT2D eigenvalue weighted by atomic mass is 35.5. The average molecular weight is 159 g/mol. The largest absolute Gasteiger partial charge is 0.289 e. The smallest absolute Gasteiger partial charge is 0.200 e. The Bertz CT molecular complexity index is 150. The van der Waals surface area contributed by atoms with Crippen LogP contribution in [0.15, 0.2) is 10.1 Å². The zero-order valence-electron chi connectivity index (χ0n) is 3.72. The Morgan fingerprint density at radius 3 is 1.88 bits per heavy atom. The van der Waals surface area contributed by atoms with E-state index in [1.807, 2.05) is 0 Å². The van der Waals surface area contributed by atoms with Crippen molar-refractivity contribution in [1.29, 1.82) is 0 Å². The zero-order valence-corrected chi connectivity index (χ0v) is 5.23. The van der Waals surface area contributed by atoms with Gasteiger partial charge in [0.1, 0.15) is 5.03 Å². The van der Waals surface area contributed by atoms with E-state index >= 15 is 0 Å². The number of alkyl halides is 2. The predicted octanol–water partition coefficient (Wildman–Crippen LogP) is 2.71. The molecule has 8 heavy (non-hydrogen) atoms. The number of rotatable bonds is 0. The molecule has 0 heterocycles. The summed E-state index contributed by atoms with van der Waals surface area (Å²) >= 11 is 10.1. The first-order chi connectivity index (χ1) is 3.54. The Hall–Kier alpha value is 0.180. The molecule has 0 saturated carbocycles. The van der Waals surface area contributed by atoms with Crippen LogP contribution in [0, 0.1) is 0 Å². The molecule has 46 valence electrons. The Labute approximate surface area is 55.1 Å². The van der Waals surface area contributed by atoms with E-state index in [0.717, 1.165) is 0 Å². The van der Waals surface area contributed by atoms with Crippen LogP contribution in [-0.2, 0) is 0 Å². The molecule has 0 bridgehead atoms. The van der Waals surface area contributed by atoms with Crippen molar-refractivity contribution in [3.8, 4) is 0 Å². The Morgan fingerprint density at radius 1 is 1.38 bits per heavy atom. The summed E-state index contributed by atoms with van der Waals surface area (Å²) in [5.74, 6) is -2.83. The fourth-order valence-corrected chi connectivity index (χ4v) is 0.882.